The Hall–Kier alpha value is -2.20. The van der Waals surface area contributed by atoms with Gasteiger partial charge in [-0.3, -0.25) is 4.90 Å². The third kappa shape index (κ3) is 3.74. The number of hydrogen-bond acceptors (Lipinski definition) is 4. The quantitative estimate of drug-likeness (QED) is 0.835. The number of hydrogen-bond donors (Lipinski definition) is 0. The molecule has 0 N–H and O–H groups in total. The lowest BCUT2D eigenvalue weighted by Crippen LogP contribution is -2.32. The molecule has 2 aromatic carbocycles. The fourth-order valence-electron chi connectivity index (χ4n) is 3.64. The van der Waals surface area contributed by atoms with Crippen molar-refractivity contribution < 1.29 is 14.2 Å². The minimum atomic E-state index is 0.650. The van der Waals surface area contributed by atoms with E-state index in [1.807, 2.05) is 12.1 Å². The van der Waals surface area contributed by atoms with Crippen molar-refractivity contribution in [1.29, 1.82) is 0 Å². The number of nitrogens with zero attached hydrogens (tertiary/aromatic N) is 1. The van der Waals surface area contributed by atoms with Gasteiger partial charge in [-0.2, -0.15) is 0 Å². The molecular weight excluding hydrogens is 314 g/mol. The van der Waals surface area contributed by atoms with E-state index in [0.717, 1.165) is 49.7 Å². The van der Waals surface area contributed by atoms with Crippen LogP contribution in [0.25, 0.3) is 0 Å². The van der Waals surface area contributed by atoms with Gasteiger partial charge >= 0.3 is 0 Å². The Morgan fingerprint density at radius 3 is 2.44 bits per heavy atom. The highest BCUT2D eigenvalue weighted by molar-refractivity contribution is 5.48. The zero-order chi connectivity index (χ0) is 17.1. The van der Waals surface area contributed by atoms with Gasteiger partial charge < -0.3 is 14.2 Å². The van der Waals surface area contributed by atoms with E-state index in [4.69, 9.17) is 14.2 Å². The summed E-state index contributed by atoms with van der Waals surface area (Å²) in [5.74, 6) is 2.74. The van der Waals surface area contributed by atoms with Crippen LogP contribution in [0.3, 0.4) is 0 Å². The minimum Gasteiger partial charge on any atom is -0.497 e. The number of benzene rings is 2. The van der Waals surface area contributed by atoms with Crippen molar-refractivity contribution in [1.82, 2.24) is 4.90 Å². The van der Waals surface area contributed by atoms with Gasteiger partial charge in [0.1, 0.15) is 19.0 Å². The van der Waals surface area contributed by atoms with Gasteiger partial charge in [0.2, 0.25) is 0 Å². The van der Waals surface area contributed by atoms with E-state index in [0.29, 0.717) is 13.2 Å². The summed E-state index contributed by atoms with van der Waals surface area (Å²) < 4.78 is 16.6. The average molecular weight is 339 g/mol. The van der Waals surface area contributed by atoms with E-state index in [9.17, 15) is 0 Å². The molecule has 2 aliphatic rings. The second kappa shape index (κ2) is 7.36. The topological polar surface area (TPSA) is 30.9 Å². The minimum absolute atomic E-state index is 0.650. The Bertz CT molecular complexity index is 727. The van der Waals surface area contributed by atoms with Gasteiger partial charge in [0.15, 0.2) is 11.5 Å². The maximum absolute atomic E-state index is 5.73. The summed E-state index contributed by atoms with van der Waals surface area (Å²) in [5, 5.41) is 0. The molecule has 0 saturated heterocycles. The third-order valence-corrected chi connectivity index (χ3v) is 5.05. The summed E-state index contributed by atoms with van der Waals surface area (Å²) in [6.45, 7) is 4.56. The Kier molecular flexibility index (Phi) is 4.79. The third-order valence-electron chi connectivity index (χ3n) is 5.05. The molecule has 4 heteroatoms. The first-order chi connectivity index (χ1) is 12.3. The zero-order valence-corrected chi connectivity index (χ0v) is 14.8. The van der Waals surface area contributed by atoms with Crippen LogP contribution in [-0.4, -0.2) is 38.3 Å². The molecule has 0 aromatic heterocycles. The van der Waals surface area contributed by atoms with Crippen molar-refractivity contribution in [3.05, 3.63) is 53.1 Å². The van der Waals surface area contributed by atoms with Gasteiger partial charge in [-0.25, -0.2) is 0 Å². The first kappa shape index (κ1) is 16.3. The van der Waals surface area contributed by atoms with Crippen molar-refractivity contribution >= 4 is 0 Å². The van der Waals surface area contributed by atoms with Crippen molar-refractivity contribution in [2.24, 2.45) is 0 Å². The predicted octanol–water partition coefficient (Wildman–Crippen LogP) is 3.46. The molecule has 0 amide bonds. The Labute approximate surface area is 149 Å². The molecule has 0 unspecified atom stereocenters. The van der Waals surface area contributed by atoms with E-state index in [2.05, 4.69) is 29.2 Å². The van der Waals surface area contributed by atoms with Crippen LogP contribution < -0.4 is 14.2 Å². The fourth-order valence-corrected chi connectivity index (χ4v) is 3.64. The smallest absolute Gasteiger partial charge is 0.161 e. The number of rotatable bonds is 5. The van der Waals surface area contributed by atoms with Gasteiger partial charge in [0.25, 0.3) is 0 Å². The van der Waals surface area contributed by atoms with Gasteiger partial charge in [-0.05, 0) is 66.8 Å². The van der Waals surface area contributed by atoms with E-state index in [-0.39, 0.29) is 0 Å². The summed E-state index contributed by atoms with van der Waals surface area (Å²) in [6.07, 6.45) is 3.37. The Balaban J connectivity index is 1.33. The van der Waals surface area contributed by atoms with Crippen molar-refractivity contribution in [3.63, 3.8) is 0 Å². The normalized spacial score (nSPS) is 16.4. The molecule has 0 aliphatic carbocycles. The van der Waals surface area contributed by atoms with E-state index in [1.165, 1.54) is 23.1 Å². The largest absolute Gasteiger partial charge is 0.497 e. The molecule has 2 aromatic rings. The SMILES string of the molecule is COc1ccc(CCCN2CCc3cc4c(cc3C2)OCCO4)cc1. The molecule has 2 aliphatic heterocycles. The molecule has 0 radical (unpaired) electrons. The fraction of sp³-hybridized carbons (Fsp3) is 0.429. The van der Waals surface area contributed by atoms with Crippen LogP contribution in [0.5, 0.6) is 17.2 Å². The number of methoxy groups -OCH3 is 1. The summed E-state index contributed by atoms with van der Waals surface area (Å²) in [7, 11) is 1.71. The van der Waals surface area contributed by atoms with Gasteiger partial charge in [0.05, 0.1) is 7.11 Å². The molecule has 4 rings (SSSR count). The van der Waals surface area contributed by atoms with E-state index in [1.54, 1.807) is 7.11 Å². The molecule has 0 fully saturated rings. The van der Waals surface area contributed by atoms with Crippen LogP contribution in [0.15, 0.2) is 36.4 Å². The lowest BCUT2D eigenvalue weighted by molar-refractivity contribution is 0.170. The van der Waals surface area contributed by atoms with Crippen LogP contribution in [-0.2, 0) is 19.4 Å². The van der Waals surface area contributed by atoms with Crippen LogP contribution in [0, 0.1) is 0 Å². The number of aryl methyl sites for hydroxylation is 1. The zero-order valence-electron chi connectivity index (χ0n) is 14.8. The van der Waals surface area contributed by atoms with Gasteiger partial charge in [-0.1, -0.05) is 12.1 Å². The highest BCUT2D eigenvalue weighted by Gasteiger charge is 2.21. The van der Waals surface area contributed by atoms with Crippen LogP contribution >= 0.6 is 0 Å². The molecule has 25 heavy (non-hydrogen) atoms. The summed E-state index contributed by atoms with van der Waals surface area (Å²) in [6, 6.07) is 12.8. The Morgan fingerprint density at radius 1 is 1.00 bits per heavy atom. The average Bonchev–Trinajstić information content (AvgIpc) is 2.67. The van der Waals surface area contributed by atoms with Crippen LogP contribution in [0.1, 0.15) is 23.1 Å². The second-order valence-electron chi connectivity index (χ2n) is 6.74. The molecule has 0 bridgehead atoms. The second-order valence-corrected chi connectivity index (χ2v) is 6.74. The molecule has 0 saturated carbocycles. The highest BCUT2D eigenvalue weighted by atomic mass is 16.6. The maximum atomic E-state index is 5.73. The predicted molar refractivity (Wildman–Crippen MR) is 97.7 cm³/mol. The van der Waals surface area contributed by atoms with Gasteiger partial charge in [0, 0.05) is 13.1 Å². The van der Waals surface area contributed by atoms with Crippen LogP contribution in [0.2, 0.25) is 0 Å². The first-order valence-electron chi connectivity index (χ1n) is 9.08. The van der Waals surface area contributed by atoms with Crippen LogP contribution in [0.4, 0.5) is 0 Å². The molecular formula is C21H25NO3. The molecule has 4 nitrogen and oxygen atoms in total. The molecule has 0 atom stereocenters. The van der Waals surface area contributed by atoms with Crippen molar-refractivity contribution in [2.75, 3.05) is 33.4 Å². The van der Waals surface area contributed by atoms with Gasteiger partial charge in [-0.15, -0.1) is 0 Å². The van der Waals surface area contributed by atoms with E-state index >= 15 is 0 Å². The van der Waals surface area contributed by atoms with Crippen molar-refractivity contribution in [2.45, 2.75) is 25.8 Å². The standard InChI is InChI=1S/C21H25NO3/c1-23-19-6-4-16(5-7-19)3-2-9-22-10-8-17-13-20-21(14-18(17)15-22)25-12-11-24-20/h4-7,13-14H,2-3,8-12,15H2,1H3. The lowest BCUT2D eigenvalue weighted by atomic mass is 9.98. The van der Waals surface area contributed by atoms with Crippen molar-refractivity contribution in [3.8, 4) is 17.2 Å². The molecule has 132 valence electrons. The molecule has 0 spiro atoms. The van der Waals surface area contributed by atoms with E-state index < -0.39 is 0 Å². The monoisotopic (exact) mass is 339 g/mol. The summed E-state index contributed by atoms with van der Waals surface area (Å²) in [4.78, 5) is 2.54. The number of fused-ring (bicyclic) bond motifs is 2. The molecule has 2 heterocycles. The summed E-state index contributed by atoms with van der Waals surface area (Å²) >= 11 is 0. The summed E-state index contributed by atoms with van der Waals surface area (Å²) in [5.41, 5.74) is 4.17. The lowest BCUT2D eigenvalue weighted by Gasteiger charge is -2.30. The number of ether oxygens (including phenoxy) is 3. The highest BCUT2D eigenvalue weighted by Crippen LogP contribution is 2.35. The maximum Gasteiger partial charge on any atom is 0.161 e. The first-order valence-corrected chi connectivity index (χ1v) is 9.08. The Morgan fingerprint density at radius 2 is 1.72 bits per heavy atom.